The first-order valence-electron chi connectivity index (χ1n) is 10.9. The van der Waals surface area contributed by atoms with Crippen LogP contribution in [0.2, 0.25) is 0 Å². The highest BCUT2D eigenvalue weighted by atomic mass is 32.2. The Labute approximate surface area is 202 Å². The molecule has 35 heavy (non-hydrogen) atoms. The second kappa shape index (κ2) is 10.4. The van der Waals surface area contributed by atoms with Crippen molar-refractivity contribution < 1.29 is 32.0 Å². The lowest BCUT2D eigenvalue weighted by Gasteiger charge is -2.26. The Bertz CT molecular complexity index is 1330. The number of nitrogens with zero attached hydrogens (tertiary/aromatic N) is 2. The van der Waals surface area contributed by atoms with E-state index in [2.05, 4.69) is 10.5 Å². The second-order valence-corrected chi connectivity index (χ2v) is 9.86. The van der Waals surface area contributed by atoms with Gasteiger partial charge in [0, 0.05) is 24.3 Å². The molecule has 0 radical (unpaired) electrons. The van der Waals surface area contributed by atoms with Gasteiger partial charge in [0.25, 0.3) is 5.91 Å². The minimum Gasteiger partial charge on any atom is -0.452 e. The summed E-state index contributed by atoms with van der Waals surface area (Å²) < 4.78 is 43.0. The van der Waals surface area contributed by atoms with Crippen LogP contribution in [0.4, 0.5) is 5.69 Å². The highest BCUT2D eigenvalue weighted by molar-refractivity contribution is 7.89. The van der Waals surface area contributed by atoms with Crippen molar-refractivity contribution in [3.63, 3.8) is 0 Å². The molecule has 2 heterocycles. The number of aromatic nitrogens is 1. The third kappa shape index (κ3) is 5.42. The molecule has 184 valence electrons. The van der Waals surface area contributed by atoms with Crippen molar-refractivity contribution >= 4 is 27.6 Å². The first-order valence-corrected chi connectivity index (χ1v) is 12.4. The number of carbonyl (C=O) groups is 2. The number of rotatable bonds is 7. The van der Waals surface area contributed by atoms with Gasteiger partial charge in [0.05, 0.1) is 18.1 Å². The number of esters is 1. The van der Waals surface area contributed by atoms with Gasteiger partial charge in [-0.1, -0.05) is 41.6 Å². The molecule has 3 aromatic rings. The maximum atomic E-state index is 13.0. The number of ether oxygens (including phenoxy) is 2. The van der Waals surface area contributed by atoms with Gasteiger partial charge in [0.1, 0.15) is 17.0 Å². The number of hydrogen-bond donors (Lipinski definition) is 1. The Kier molecular flexibility index (Phi) is 7.29. The molecule has 0 saturated carbocycles. The number of nitrogens with one attached hydrogen (secondary N) is 1. The Morgan fingerprint density at radius 2 is 1.80 bits per heavy atom. The first kappa shape index (κ1) is 24.6. The highest BCUT2D eigenvalue weighted by Crippen LogP contribution is 2.26. The molecule has 1 aliphatic rings. The van der Waals surface area contributed by atoms with Crippen LogP contribution in [0.1, 0.15) is 21.7 Å². The SMILES string of the molecule is Cc1ccc(NC(=O)COC(=O)c2c(-c3ccccc3)noc2C)cc1S(=O)(=O)N1CCOCC1. The molecule has 1 N–H and O–H groups in total. The smallest absolute Gasteiger partial charge is 0.344 e. The van der Waals surface area contributed by atoms with Crippen molar-refractivity contribution in [1.82, 2.24) is 9.46 Å². The third-order valence-corrected chi connectivity index (χ3v) is 7.55. The lowest BCUT2D eigenvalue weighted by atomic mass is 10.1. The van der Waals surface area contributed by atoms with Gasteiger partial charge in [-0.2, -0.15) is 4.31 Å². The van der Waals surface area contributed by atoms with Crippen molar-refractivity contribution in [2.45, 2.75) is 18.7 Å². The highest BCUT2D eigenvalue weighted by Gasteiger charge is 2.28. The van der Waals surface area contributed by atoms with Gasteiger partial charge < -0.3 is 19.3 Å². The summed E-state index contributed by atoms with van der Waals surface area (Å²) in [5.74, 6) is -1.10. The number of carbonyl (C=O) groups excluding carboxylic acids is 2. The van der Waals surface area contributed by atoms with E-state index in [9.17, 15) is 18.0 Å². The van der Waals surface area contributed by atoms with Crippen LogP contribution in [0.15, 0.2) is 57.9 Å². The topological polar surface area (TPSA) is 128 Å². The zero-order valence-electron chi connectivity index (χ0n) is 19.3. The molecule has 10 nitrogen and oxygen atoms in total. The largest absolute Gasteiger partial charge is 0.452 e. The van der Waals surface area contributed by atoms with Crippen LogP contribution in [0.5, 0.6) is 0 Å². The minimum absolute atomic E-state index is 0.0989. The fourth-order valence-corrected chi connectivity index (χ4v) is 5.35. The van der Waals surface area contributed by atoms with Gasteiger partial charge in [-0.15, -0.1) is 0 Å². The van der Waals surface area contributed by atoms with Gasteiger partial charge in [0.15, 0.2) is 6.61 Å². The van der Waals surface area contributed by atoms with E-state index in [0.717, 1.165) is 0 Å². The van der Waals surface area contributed by atoms with Crippen LogP contribution in [-0.2, 0) is 24.3 Å². The van der Waals surface area contributed by atoms with Crippen LogP contribution >= 0.6 is 0 Å². The van der Waals surface area contributed by atoms with Crippen LogP contribution in [0, 0.1) is 13.8 Å². The Morgan fingerprint density at radius 1 is 1.09 bits per heavy atom. The molecule has 0 atom stereocenters. The number of benzene rings is 2. The van der Waals surface area contributed by atoms with Crippen LogP contribution < -0.4 is 5.32 Å². The molecule has 11 heteroatoms. The summed E-state index contributed by atoms with van der Waals surface area (Å²) in [7, 11) is -3.74. The van der Waals surface area contributed by atoms with Crippen molar-refractivity contribution in [2.24, 2.45) is 0 Å². The first-order chi connectivity index (χ1) is 16.8. The molecule has 1 amide bonds. The molecular formula is C24H25N3O7S. The predicted octanol–water partition coefficient (Wildman–Crippen LogP) is 2.77. The summed E-state index contributed by atoms with van der Waals surface area (Å²) in [5, 5.41) is 6.52. The molecule has 0 spiro atoms. The van der Waals surface area contributed by atoms with Crippen molar-refractivity contribution in [1.29, 1.82) is 0 Å². The molecule has 1 aromatic heterocycles. The van der Waals surface area contributed by atoms with Gasteiger partial charge in [0.2, 0.25) is 10.0 Å². The Balaban J connectivity index is 1.43. The van der Waals surface area contributed by atoms with Crippen LogP contribution in [-0.4, -0.2) is 62.7 Å². The van der Waals surface area contributed by atoms with E-state index in [-0.39, 0.29) is 35.0 Å². The van der Waals surface area contributed by atoms with Crippen molar-refractivity contribution in [2.75, 3.05) is 38.2 Å². The van der Waals surface area contributed by atoms with Gasteiger partial charge in [-0.25, -0.2) is 13.2 Å². The summed E-state index contributed by atoms with van der Waals surface area (Å²) in [5.41, 5.74) is 1.96. The average Bonchev–Trinajstić information content (AvgIpc) is 3.26. The molecule has 0 unspecified atom stereocenters. The van der Waals surface area contributed by atoms with Gasteiger partial charge in [-0.3, -0.25) is 4.79 Å². The normalized spacial score (nSPS) is 14.5. The maximum Gasteiger partial charge on any atom is 0.344 e. The number of hydrogen-bond acceptors (Lipinski definition) is 8. The van der Waals surface area contributed by atoms with Crippen molar-refractivity contribution in [3.8, 4) is 11.3 Å². The number of sulfonamides is 1. The Morgan fingerprint density at radius 3 is 2.51 bits per heavy atom. The quantitative estimate of drug-likeness (QED) is 0.492. The lowest BCUT2D eigenvalue weighted by Crippen LogP contribution is -2.40. The second-order valence-electron chi connectivity index (χ2n) is 7.95. The van der Waals surface area contributed by atoms with Crippen LogP contribution in [0.25, 0.3) is 11.3 Å². The van der Waals surface area contributed by atoms with E-state index in [1.165, 1.54) is 10.4 Å². The number of anilines is 1. The number of aryl methyl sites for hydroxylation is 2. The van der Waals surface area contributed by atoms with E-state index in [1.54, 1.807) is 50.2 Å². The van der Waals surface area contributed by atoms with Crippen LogP contribution in [0.3, 0.4) is 0 Å². The number of amides is 1. The van der Waals surface area contributed by atoms with E-state index in [0.29, 0.717) is 30.0 Å². The molecule has 2 aromatic carbocycles. The third-order valence-electron chi connectivity index (χ3n) is 5.51. The lowest BCUT2D eigenvalue weighted by molar-refractivity contribution is -0.119. The van der Waals surface area contributed by atoms with E-state index in [1.807, 2.05) is 6.07 Å². The minimum atomic E-state index is -3.74. The molecule has 1 fully saturated rings. The van der Waals surface area contributed by atoms with Gasteiger partial charge in [-0.05, 0) is 31.5 Å². The van der Waals surface area contributed by atoms with E-state index >= 15 is 0 Å². The maximum absolute atomic E-state index is 13.0. The zero-order chi connectivity index (χ0) is 25.0. The van der Waals surface area contributed by atoms with Gasteiger partial charge >= 0.3 is 5.97 Å². The molecule has 1 aliphatic heterocycles. The predicted molar refractivity (Wildman–Crippen MR) is 126 cm³/mol. The molecule has 0 aliphatic carbocycles. The fourth-order valence-electron chi connectivity index (χ4n) is 3.69. The summed E-state index contributed by atoms with van der Waals surface area (Å²) in [6, 6.07) is 13.6. The Hall–Kier alpha value is -3.54. The standard InChI is InChI=1S/C24H25N3O7S/c1-16-8-9-19(14-20(16)35(30,31)27-10-12-32-13-11-27)25-21(28)15-33-24(29)22-17(2)34-26-23(22)18-6-4-3-5-7-18/h3-9,14H,10-13,15H2,1-2H3,(H,25,28). The fraction of sp³-hybridized carbons (Fsp3) is 0.292. The molecule has 4 rings (SSSR count). The van der Waals surface area contributed by atoms with Crippen molar-refractivity contribution in [3.05, 3.63) is 65.4 Å². The van der Waals surface area contributed by atoms with E-state index < -0.39 is 28.5 Å². The summed E-state index contributed by atoms with van der Waals surface area (Å²) in [6.45, 7) is 3.89. The van der Waals surface area contributed by atoms with E-state index in [4.69, 9.17) is 14.0 Å². The summed E-state index contributed by atoms with van der Waals surface area (Å²) >= 11 is 0. The monoisotopic (exact) mass is 499 g/mol. The average molecular weight is 500 g/mol. The summed E-state index contributed by atoms with van der Waals surface area (Å²) in [6.07, 6.45) is 0. The molecular weight excluding hydrogens is 474 g/mol. The number of morpholine rings is 1. The zero-order valence-corrected chi connectivity index (χ0v) is 20.1. The summed E-state index contributed by atoms with van der Waals surface area (Å²) in [4.78, 5) is 25.3. The molecule has 0 bridgehead atoms. The molecule has 1 saturated heterocycles.